The summed E-state index contributed by atoms with van der Waals surface area (Å²) in [5.41, 5.74) is 3.54. The third-order valence-electron chi connectivity index (χ3n) is 4.26. The second-order valence-corrected chi connectivity index (χ2v) is 5.73. The number of carbonyl (C=O) groups excluding carboxylic acids is 2. The molecule has 5 nitrogen and oxygen atoms in total. The van der Waals surface area contributed by atoms with Crippen molar-refractivity contribution in [1.82, 2.24) is 4.98 Å². The van der Waals surface area contributed by atoms with Gasteiger partial charge in [-0.15, -0.1) is 0 Å². The molecule has 2 atom stereocenters. The van der Waals surface area contributed by atoms with Crippen LogP contribution in [0.1, 0.15) is 35.0 Å². The molecule has 0 saturated carbocycles. The zero-order chi connectivity index (χ0) is 15.9. The molecule has 1 heterocycles. The van der Waals surface area contributed by atoms with Gasteiger partial charge in [0, 0.05) is 10.9 Å². The topological polar surface area (TPSA) is 79.4 Å². The van der Waals surface area contributed by atoms with Crippen molar-refractivity contribution in [2.45, 2.75) is 32.8 Å². The van der Waals surface area contributed by atoms with Crippen molar-refractivity contribution < 1.29 is 19.4 Å². The molecule has 0 spiro atoms. The molecule has 2 aromatic rings. The molecular weight excluding hydrogens is 282 g/mol. The van der Waals surface area contributed by atoms with E-state index in [2.05, 4.69) is 11.1 Å². The van der Waals surface area contributed by atoms with Gasteiger partial charge in [0.15, 0.2) is 11.9 Å². The van der Waals surface area contributed by atoms with Crippen LogP contribution in [0.25, 0.3) is 10.9 Å². The van der Waals surface area contributed by atoms with Crippen LogP contribution in [-0.4, -0.2) is 34.6 Å². The van der Waals surface area contributed by atoms with E-state index in [0.29, 0.717) is 18.5 Å². The number of aromatic amines is 1. The summed E-state index contributed by atoms with van der Waals surface area (Å²) in [4.78, 5) is 27.4. The monoisotopic (exact) mass is 301 g/mol. The highest BCUT2D eigenvalue weighted by atomic mass is 16.5. The van der Waals surface area contributed by atoms with Crippen LogP contribution in [-0.2, 0) is 16.0 Å². The number of H-pyrrole nitrogens is 1. The van der Waals surface area contributed by atoms with Gasteiger partial charge in [-0.1, -0.05) is 11.6 Å². The van der Waals surface area contributed by atoms with E-state index in [1.807, 2.05) is 19.1 Å². The van der Waals surface area contributed by atoms with Gasteiger partial charge < -0.3 is 14.8 Å². The van der Waals surface area contributed by atoms with E-state index in [9.17, 15) is 14.7 Å². The number of aliphatic hydroxyl groups is 1. The second kappa shape index (κ2) is 5.57. The number of ketones is 1. The number of aromatic nitrogens is 1. The number of aryl methyl sites for hydroxylation is 2. The fraction of sp³-hybridized carbons (Fsp3) is 0.412. The van der Waals surface area contributed by atoms with E-state index >= 15 is 0 Å². The smallest absolute Gasteiger partial charge is 0.335 e. The third kappa shape index (κ3) is 2.31. The molecule has 2 N–H and O–H groups in total. The van der Waals surface area contributed by atoms with E-state index in [1.54, 1.807) is 6.92 Å². The fourth-order valence-electron chi connectivity index (χ4n) is 3.14. The highest BCUT2D eigenvalue weighted by molar-refractivity contribution is 6.06. The van der Waals surface area contributed by atoms with Crippen LogP contribution < -0.4 is 0 Å². The maximum atomic E-state index is 12.6. The van der Waals surface area contributed by atoms with Gasteiger partial charge in [0.2, 0.25) is 0 Å². The van der Waals surface area contributed by atoms with Crippen LogP contribution in [0.3, 0.4) is 0 Å². The Hall–Kier alpha value is -2.14. The standard InChI is InChI=1S/C17H19NO4/c1-3-22-17(21)16(20)11-6-5-10-12-8-9(2)4-7-13(12)18-14(10)15(11)19/h4,7-8,11,16,18,20H,3,5-6H2,1-2H3/t11-,16-/m0/s1. The zero-order valence-electron chi connectivity index (χ0n) is 12.7. The first-order valence-electron chi connectivity index (χ1n) is 7.53. The van der Waals surface area contributed by atoms with Crippen molar-refractivity contribution in [2.75, 3.05) is 6.61 Å². The van der Waals surface area contributed by atoms with Crippen LogP contribution in [0.4, 0.5) is 0 Å². The number of benzene rings is 1. The molecule has 0 amide bonds. The Bertz CT molecular complexity index is 746. The maximum absolute atomic E-state index is 12.6. The molecule has 0 bridgehead atoms. The quantitative estimate of drug-likeness (QED) is 0.851. The minimum atomic E-state index is -1.39. The van der Waals surface area contributed by atoms with Crippen LogP contribution in [0.2, 0.25) is 0 Å². The van der Waals surface area contributed by atoms with Crippen molar-refractivity contribution >= 4 is 22.7 Å². The predicted molar refractivity (Wildman–Crippen MR) is 81.8 cm³/mol. The number of esters is 1. The number of nitrogens with one attached hydrogen (secondary N) is 1. The van der Waals surface area contributed by atoms with Gasteiger partial charge in [0.1, 0.15) is 0 Å². The SMILES string of the molecule is CCOC(=O)[C@@H](O)[C@H]1CCc2c([nH]c3ccc(C)cc23)C1=O. The number of aliphatic hydroxyl groups excluding tert-OH is 1. The largest absolute Gasteiger partial charge is 0.464 e. The Balaban J connectivity index is 1.96. The Morgan fingerprint density at radius 3 is 3.00 bits per heavy atom. The minimum Gasteiger partial charge on any atom is -0.464 e. The minimum absolute atomic E-state index is 0.188. The molecule has 0 saturated heterocycles. The number of hydrogen-bond acceptors (Lipinski definition) is 4. The average molecular weight is 301 g/mol. The molecule has 3 rings (SSSR count). The molecule has 0 radical (unpaired) electrons. The van der Waals surface area contributed by atoms with Gasteiger partial charge in [-0.2, -0.15) is 0 Å². The van der Waals surface area contributed by atoms with Gasteiger partial charge in [-0.25, -0.2) is 4.79 Å². The van der Waals surface area contributed by atoms with Crippen molar-refractivity contribution in [3.05, 3.63) is 35.0 Å². The molecule has 22 heavy (non-hydrogen) atoms. The van der Waals surface area contributed by atoms with E-state index < -0.39 is 18.0 Å². The summed E-state index contributed by atoms with van der Waals surface area (Å²) in [5, 5.41) is 11.1. The third-order valence-corrected chi connectivity index (χ3v) is 4.26. The fourth-order valence-corrected chi connectivity index (χ4v) is 3.14. The Kier molecular flexibility index (Phi) is 3.74. The summed E-state index contributed by atoms with van der Waals surface area (Å²) in [7, 11) is 0. The summed E-state index contributed by atoms with van der Waals surface area (Å²) >= 11 is 0. The molecule has 5 heteroatoms. The van der Waals surface area contributed by atoms with Gasteiger partial charge >= 0.3 is 5.97 Å². The maximum Gasteiger partial charge on any atom is 0.335 e. The normalized spacial score (nSPS) is 19.0. The molecule has 116 valence electrons. The average Bonchev–Trinajstić information content (AvgIpc) is 2.86. The van der Waals surface area contributed by atoms with E-state index in [0.717, 1.165) is 22.0 Å². The first-order valence-corrected chi connectivity index (χ1v) is 7.53. The number of fused-ring (bicyclic) bond motifs is 3. The van der Waals surface area contributed by atoms with Gasteiger partial charge in [0.05, 0.1) is 18.2 Å². The molecule has 1 aromatic carbocycles. The summed E-state index contributed by atoms with van der Waals surface area (Å²) < 4.78 is 4.82. The summed E-state index contributed by atoms with van der Waals surface area (Å²) in [6.07, 6.45) is -0.285. The Morgan fingerprint density at radius 1 is 1.50 bits per heavy atom. The summed E-state index contributed by atoms with van der Waals surface area (Å²) in [6.45, 7) is 3.87. The zero-order valence-corrected chi connectivity index (χ0v) is 12.7. The summed E-state index contributed by atoms with van der Waals surface area (Å²) in [5.74, 6) is -1.67. The highest BCUT2D eigenvalue weighted by Gasteiger charge is 2.38. The first kappa shape index (κ1) is 14.8. The molecule has 0 aliphatic heterocycles. The van der Waals surface area contributed by atoms with Gasteiger partial charge in [-0.05, 0) is 44.4 Å². The molecule has 0 unspecified atom stereocenters. The number of hydrogen-bond donors (Lipinski definition) is 2. The highest BCUT2D eigenvalue weighted by Crippen LogP contribution is 2.33. The van der Waals surface area contributed by atoms with E-state index in [-0.39, 0.29) is 12.4 Å². The molecule has 1 aliphatic carbocycles. The van der Waals surface area contributed by atoms with Crippen molar-refractivity contribution in [1.29, 1.82) is 0 Å². The Labute approximate surface area is 128 Å². The number of carbonyl (C=O) groups is 2. The summed E-state index contributed by atoms with van der Waals surface area (Å²) in [6, 6.07) is 5.99. The first-order chi connectivity index (χ1) is 10.5. The predicted octanol–water partition coefficient (Wildman–Crippen LogP) is 2.15. The van der Waals surface area contributed by atoms with Gasteiger partial charge in [0.25, 0.3) is 0 Å². The molecular formula is C17H19NO4. The van der Waals surface area contributed by atoms with E-state index in [1.165, 1.54) is 0 Å². The number of ether oxygens (including phenoxy) is 1. The van der Waals surface area contributed by atoms with Crippen LogP contribution in [0, 0.1) is 12.8 Å². The van der Waals surface area contributed by atoms with Crippen LogP contribution in [0.5, 0.6) is 0 Å². The second-order valence-electron chi connectivity index (χ2n) is 5.73. The molecule has 1 aliphatic rings. The number of rotatable bonds is 3. The van der Waals surface area contributed by atoms with Crippen molar-refractivity contribution in [2.24, 2.45) is 5.92 Å². The lowest BCUT2D eigenvalue weighted by molar-refractivity contribution is -0.155. The van der Waals surface area contributed by atoms with Gasteiger partial charge in [-0.3, -0.25) is 4.79 Å². The Morgan fingerprint density at radius 2 is 2.27 bits per heavy atom. The molecule has 0 fully saturated rings. The van der Waals surface area contributed by atoms with Crippen molar-refractivity contribution in [3.8, 4) is 0 Å². The van der Waals surface area contributed by atoms with Crippen molar-refractivity contribution in [3.63, 3.8) is 0 Å². The lowest BCUT2D eigenvalue weighted by Crippen LogP contribution is -2.38. The lowest BCUT2D eigenvalue weighted by atomic mass is 9.82. The van der Waals surface area contributed by atoms with Crippen LogP contribution in [0.15, 0.2) is 18.2 Å². The number of Topliss-reactive ketones (excluding diaryl/α,β-unsaturated/α-hetero) is 1. The van der Waals surface area contributed by atoms with Crippen LogP contribution >= 0.6 is 0 Å². The van der Waals surface area contributed by atoms with E-state index in [4.69, 9.17) is 4.74 Å². The lowest BCUT2D eigenvalue weighted by Gasteiger charge is -2.24. The molecule has 1 aromatic heterocycles.